The first-order valence-electron chi connectivity index (χ1n) is 5.73. The summed E-state index contributed by atoms with van der Waals surface area (Å²) in [5, 5.41) is 0. The first-order chi connectivity index (χ1) is 6.65. The lowest BCUT2D eigenvalue weighted by atomic mass is 9.96. The molecule has 0 radical (unpaired) electrons. The zero-order valence-electron chi connectivity index (χ0n) is 9.84. The van der Waals surface area contributed by atoms with Crippen LogP contribution >= 0.6 is 0 Å². The lowest BCUT2D eigenvalue weighted by molar-refractivity contribution is 0.391. The third-order valence-electron chi connectivity index (χ3n) is 2.91. The molecule has 1 aromatic heterocycles. The summed E-state index contributed by atoms with van der Waals surface area (Å²) < 4.78 is 5.81. The Labute approximate surface area is 87.5 Å². The van der Waals surface area contributed by atoms with Crippen molar-refractivity contribution in [3.05, 3.63) is 23.7 Å². The Kier molecular flexibility index (Phi) is 4.24. The molecule has 1 atom stereocenters. The second kappa shape index (κ2) is 5.23. The number of rotatable bonds is 5. The molecule has 0 N–H and O–H groups in total. The van der Waals surface area contributed by atoms with E-state index in [2.05, 4.69) is 39.8 Å². The summed E-state index contributed by atoms with van der Waals surface area (Å²) in [5.74, 6) is 3.48. The molecule has 0 fully saturated rings. The van der Waals surface area contributed by atoms with Crippen molar-refractivity contribution in [2.45, 2.75) is 52.9 Å². The van der Waals surface area contributed by atoms with Gasteiger partial charge in [-0.05, 0) is 24.5 Å². The second-order valence-corrected chi connectivity index (χ2v) is 4.44. The Morgan fingerprint density at radius 1 is 1.21 bits per heavy atom. The zero-order valence-corrected chi connectivity index (χ0v) is 9.84. The van der Waals surface area contributed by atoms with Crippen molar-refractivity contribution in [1.82, 2.24) is 0 Å². The Hall–Kier alpha value is -0.720. The fourth-order valence-corrected chi connectivity index (χ4v) is 1.45. The lowest BCUT2D eigenvalue weighted by Crippen LogP contribution is -1.99. The Bertz CT molecular complexity index is 260. The smallest absolute Gasteiger partial charge is 0.107 e. The summed E-state index contributed by atoms with van der Waals surface area (Å²) in [4.78, 5) is 0. The van der Waals surface area contributed by atoms with Crippen LogP contribution in [-0.4, -0.2) is 0 Å². The first-order valence-corrected chi connectivity index (χ1v) is 5.73. The molecule has 0 amide bonds. The molecule has 0 saturated heterocycles. The molecule has 14 heavy (non-hydrogen) atoms. The summed E-state index contributed by atoms with van der Waals surface area (Å²) in [6, 6.07) is 4.26. The SMILES string of the molecule is CCCCc1ccc([C@H](C)C(C)C)o1. The zero-order chi connectivity index (χ0) is 10.6. The van der Waals surface area contributed by atoms with Crippen molar-refractivity contribution in [2.75, 3.05) is 0 Å². The highest BCUT2D eigenvalue weighted by atomic mass is 16.3. The lowest BCUT2D eigenvalue weighted by Gasteiger charge is -2.11. The number of hydrogen-bond acceptors (Lipinski definition) is 1. The van der Waals surface area contributed by atoms with E-state index >= 15 is 0 Å². The van der Waals surface area contributed by atoms with Crippen LogP contribution in [0.3, 0.4) is 0 Å². The predicted octanol–water partition coefficient (Wildman–Crippen LogP) is 4.38. The average molecular weight is 194 g/mol. The third kappa shape index (κ3) is 2.90. The predicted molar refractivity (Wildman–Crippen MR) is 60.6 cm³/mol. The van der Waals surface area contributed by atoms with Gasteiger partial charge in [0.2, 0.25) is 0 Å². The van der Waals surface area contributed by atoms with Crippen molar-refractivity contribution in [2.24, 2.45) is 5.92 Å². The van der Waals surface area contributed by atoms with Gasteiger partial charge < -0.3 is 4.42 Å². The molecule has 1 heterocycles. The molecule has 1 heteroatoms. The average Bonchev–Trinajstić information content (AvgIpc) is 2.61. The Morgan fingerprint density at radius 3 is 2.50 bits per heavy atom. The maximum atomic E-state index is 5.81. The van der Waals surface area contributed by atoms with Crippen LogP contribution in [0.4, 0.5) is 0 Å². The largest absolute Gasteiger partial charge is 0.466 e. The van der Waals surface area contributed by atoms with Gasteiger partial charge in [-0.3, -0.25) is 0 Å². The van der Waals surface area contributed by atoms with Crippen LogP contribution in [0.15, 0.2) is 16.5 Å². The van der Waals surface area contributed by atoms with Crippen molar-refractivity contribution in [3.63, 3.8) is 0 Å². The van der Waals surface area contributed by atoms with Gasteiger partial charge in [0.25, 0.3) is 0 Å². The topological polar surface area (TPSA) is 13.1 Å². The van der Waals surface area contributed by atoms with Gasteiger partial charge in [0.15, 0.2) is 0 Å². The maximum absolute atomic E-state index is 5.81. The van der Waals surface area contributed by atoms with Crippen LogP contribution in [-0.2, 0) is 6.42 Å². The molecule has 0 unspecified atom stereocenters. The number of unbranched alkanes of at least 4 members (excludes halogenated alkanes) is 1. The van der Waals surface area contributed by atoms with Gasteiger partial charge in [-0.25, -0.2) is 0 Å². The van der Waals surface area contributed by atoms with Gasteiger partial charge in [0.1, 0.15) is 11.5 Å². The fraction of sp³-hybridized carbons (Fsp3) is 0.692. The number of hydrogen-bond donors (Lipinski definition) is 0. The van der Waals surface area contributed by atoms with Gasteiger partial charge in [0, 0.05) is 12.3 Å². The second-order valence-electron chi connectivity index (χ2n) is 4.44. The molecule has 1 aromatic rings. The highest BCUT2D eigenvalue weighted by molar-refractivity contribution is 5.11. The normalized spacial score (nSPS) is 13.5. The highest BCUT2D eigenvalue weighted by Crippen LogP contribution is 2.25. The van der Waals surface area contributed by atoms with E-state index in [9.17, 15) is 0 Å². The van der Waals surface area contributed by atoms with E-state index in [1.807, 2.05) is 0 Å². The van der Waals surface area contributed by atoms with E-state index in [4.69, 9.17) is 4.42 Å². The van der Waals surface area contributed by atoms with Crippen LogP contribution in [0.2, 0.25) is 0 Å². The van der Waals surface area contributed by atoms with E-state index in [0.29, 0.717) is 11.8 Å². The molecule has 0 aromatic carbocycles. The summed E-state index contributed by atoms with van der Waals surface area (Å²) >= 11 is 0. The number of furan rings is 1. The van der Waals surface area contributed by atoms with Crippen LogP contribution in [0, 0.1) is 5.92 Å². The van der Waals surface area contributed by atoms with Crippen molar-refractivity contribution in [1.29, 1.82) is 0 Å². The minimum Gasteiger partial charge on any atom is -0.466 e. The quantitative estimate of drug-likeness (QED) is 0.678. The van der Waals surface area contributed by atoms with E-state index in [0.717, 1.165) is 17.9 Å². The van der Waals surface area contributed by atoms with Gasteiger partial charge >= 0.3 is 0 Å². The minimum atomic E-state index is 0.533. The standard InChI is InChI=1S/C13H22O/c1-5-6-7-12-8-9-13(14-12)11(4)10(2)3/h8-11H,5-7H2,1-4H3/t11-/m1/s1. The van der Waals surface area contributed by atoms with E-state index in [1.165, 1.54) is 12.8 Å². The molecule has 1 nitrogen and oxygen atoms in total. The summed E-state index contributed by atoms with van der Waals surface area (Å²) in [7, 11) is 0. The molecule has 0 bridgehead atoms. The van der Waals surface area contributed by atoms with Crippen LogP contribution in [0.5, 0.6) is 0 Å². The molecule has 0 aliphatic heterocycles. The van der Waals surface area contributed by atoms with E-state index < -0.39 is 0 Å². The van der Waals surface area contributed by atoms with Crippen LogP contribution in [0.1, 0.15) is 58.0 Å². The van der Waals surface area contributed by atoms with E-state index in [1.54, 1.807) is 0 Å². The van der Waals surface area contributed by atoms with Crippen molar-refractivity contribution >= 4 is 0 Å². The maximum Gasteiger partial charge on any atom is 0.107 e. The Balaban J connectivity index is 2.58. The molecule has 0 spiro atoms. The minimum absolute atomic E-state index is 0.533. The summed E-state index contributed by atoms with van der Waals surface area (Å²) in [6.07, 6.45) is 3.54. The molecular formula is C13H22O. The van der Waals surface area contributed by atoms with E-state index in [-0.39, 0.29) is 0 Å². The highest BCUT2D eigenvalue weighted by Gasteiger charge is 2.13. The van der Waals surface area contributed by atoms with Gasteiger partial charge in [-0.1, -0.05) is 34.1 Å². The van der Waals surface area contributed by atoms with Crippen LogP contribution in [0.25, 0.3) is 0 Å². The molecule has 0 saturated carbocycles. The molecular weight excluding hydrogens is 172 g/mol. The summed E-state index contributed by atoms with van der Waals surface area (Å²) in [5.41, 5.74) is 0. The first kappa shape index (κ1) is 11.4. The molecule has 0 aliphatic carbocycles. The molecule has 1 rings (SSSR count). The van der Waals surface area contributed by atoms with Crippen molar-refractivity contribution in [3.8, 4) is 0 Å². The monoisotopic (exact) mass is 194 g/mol. The fourth-order valence-electron chi connectivity index (χ4n) is 1.45. The molecule has 80 valence electrons. The summed E-state index contributed by atoms with van der Waals surface area (Å²) in [6.45, 7) is 8.91. The number of aryl methyl sites for hydroxylation is 1. The van der Waals surface area contributed by atoms with Gasteiger partial charge in [0.05, 0.1) is 0 Å². The van der Waals surface area contributed by atoms with Crippen LogP contribution < -0.4 is 0 Å². The van der Waals surface area contributed by atoms with Gasteiger partial charge in [-0.15, -0.1) is 0 Å². The van der Waals surface area contributed by atoms with Crippen molar-refractivity contribution < 1.29 is 4.42 Å². The Morgan fingerprint density at radius 2 is 1.93 bits per heavy atom. The molecule has 0 aliphatic rings. The third-order valence-corrected chi connectivity index (χ3v) is 2.91. The van der Waals surface area contributed by atoms with Gasteiger partial charge in [-0.2, -0.15) is 0 Å².